The van der Waals surface area contributed by atoms with Gasteiger partial charge in [-0.1, -0.05) is 0 Å². The van der Waals surface area contributed by atoms with Crippen LogP contribution in [-0.2, 0) is 9.59 Å². The van der Waals surface area contributed by atoms with Crippen molar-refractivity contribution in [3.05, 3.63) is 0 Å². The number of piperazine rings is 1. The standard InChI is InChI=1S/C11H16ClN3O2/c12-4-1-2-10(16)14-6-8-15(9-7-14)11(17)3-5-13/h1-4,6-9H2. The molecular weight excluding hydrogens is 242 g/mol. The van der Waals surface area contributed by atoms with Crippen LogP contribution in [-0.4, -0.2) is 53.7 Å². The Balaban J connectivity index is 2.33. The second kappa shape index (κ2) is 7.13. The maximum atomic E-state index is 11.7. The molecule has 94 valence electrons. The Bertz CT molecular complexity index is 319. The van der Waals surface area contributed by atoms with Gasteiger partial charge in [-0.2, -0.15) is 5.26 Å². The fourth-order valence-corrected chi connectivity index (χ4v) is 1.89. The minimum absolute atomic E-state index is 0.0831. The lowest BCUT2D eigenvalue weighted by atomic mass is 10.2. The first-order chi connectivity index (χ1) is 8.19. The molecule has 0 saturated carbocycles. The minimum Gasteiger partial charge on any atom is -0.339 e. The highest BCUT2D eigenvalue weighted by atomic mass is 35.5. The van der Waals surface area contributed by atoms with Crippen molar-refractivity contribution in [2.75, 3.05) is 32.1 Å². The van der Waals surface area contributed by atoms with Gasteiger partial charge in [-0.25, -0.2) is 0 Å². The number of carbonyl (C=O) groups excluding carboxylic acids is 2. The zero-order chi connectivity index (χ0) is 12.7. The summed E-state index contributed by atoms with van der Waals surface area (Å²) in [6.07, 6.45) is 1.07. The van der Waals surface area contributed by atoms with Crippen LogP contribution < -0.4 is 0 Å². The van der Waals surface area contributed by atoms with Crippen molar-refractivity contribution in [1.29, 1.82) is 5.26 Å². The van der Waals surface area contributed by atoms with E-state index in [1.54, 1.807) is 9.80 Å². The molecule has 0 aromatic rings. The average molecular weight is 258 g/mol. The number of carbonyl (C=O) groups is 2. The highest BCUT2D eigenvalue weighted by Crippen LogP contribution is 2.06. The molecule has 1 fully saturated rings. The Kier molecular flexibility index (Phi) is 5.78. The van der Waals surface area contributed by atoms with E-state index in [0.29, 0.717) is 44.9 Å². The fraction of sp³-hybridized carbons (Fsp3) is 0.727. The Morgan fingerprint density at radius 3 is 2.12 bits per heavy atom. The number of halogens is 1. The number of rotatable bonds is 4. The molecule has 0 aliphatic carbocycles. The first-order valence-electron chi connectivity index (χ1n) is 5.67. The van der Waals surface area contributed by atoms with E-state index >= 15 is 0 Å². The van der Waals surface area contributed by atoms with Crippen LogP contribution in [0.1, 0.15) is 19.3 Å². The second-order valence-corrected chi connectivity index (χ2v) is 4.27. The van der Waals surface area contributed by atoms with Gasteiger partial charge in [-0.15, -0.1) is 11.6 Å². The normalized spacial score (nSPS) is 15.5. The van der Waals surface area contributed by atoms with Crippen LogP contribution in [0, 0.1) is 11.3 Å². The van der Waals surface area contributed by atoms with Gasteiger partial charge >= 0.3 is 0 Å². The number of hydrogen-bond acceptors (Lipinski definition) is 3. The summed E-state index contributed by atoms with van der Waals surface area (Å²) in [5, 5.41) is 8.43. The highest BCUT2D eigenvalue weighted by Gasteiger charge is 2.23. The molecule has 17 heavy (non-hydrogen) atoms. The lowest BCUT2D eigenvalue weighted by molar-refractivity contribution is -0.139. The molecule has 0 spiro atoms. The van der Waals surface area contributed by atoms with E-state index < -0.39 is 0 Å². The summed E-state index contributed by atoms with van der Waals surface area (Å²) >= 11 is 5.53. The van der Waals surface area contributed by atoms with Gasteiger partial charge in [-0.3, -0.25) is 9.59 Å². The molecule has 1 saturated heterocycles. The van der Waals surface area contributed by atoms with Crippen LogP contribution in [0.2, 0.25) is 0 Å². The molecule has 2 amide bonds. The van der Waals surface area contributed by atoms with Crippen molar-refractivity contribution in [3.8, 4) is 6.07 Å². The number of amides is 2. The smallest absolute Gasteiger partial charge is 0.236 e. The van der Waals surface area contributed by atoms with Crippen molar-refractivity contribution >= 4 is 23.4 Å². The summed E-state index contributed by atoms with van der Waals surface area (Å²) in [4.78, 5) is 26.5. The molecule has 0 radical (unpaired) electrons. The topological polar surface area (TPSA) is 64.4 Å². The summed E-state index contributed by atoms with van der Waals surface area (Å²) in [5.41, 5.74) is 0. The molecule has 1 rings (SSSR count). The number of alkyl halides is 1. The van der Waals surface area contributed by atoms with Crippen molar-refractivity contribution in [2.45, 2.75) is 19.3 Å². The molecule has 1 heterocycles. The first-order valence-corrected chi connectivity index (χ1v) is 6.21. The van der Waals surface area contributed by atoms with E-state index in [1.807, 2.05) is 6.07 Å². The molecule has 0 bridgehead atoms. The van der Waals surface area contributed by atoms with Gasteiger partial charge in [0.05, 0.1) is 6.07 Å². The van der Waals surface area contributed by atoms with Crippen molar-refractivity contribution in [1.82, 2.24) is 9.80 Å². The average Bonchev–Trinajstić information content (AvgIpc) is 2.36. The predicted octanol–water partition coefficient (Wildman–Crippen LogP) is 0.590. The van der Waals surface area contributed by atoms with Gasteiger partial charge in [0.2, 0.25) is 11.8 Å². The van der Waals surface area contributed by atoms with Gasteiger partial charge in [0.1, 0.15) is 6.42 Å². The predicted molar refractivity (Wildman–Crippen MR) is 63.3 cm³/mol. The molecule has 0 atom stereocenters. The second-order valence-electron chi connectivity index (χ2n) is 3.89. The number of hydrogen-bond donors (Lipinski definition) is 0. The zero-order valence-electron chi connectivity index (χ0n) is 9.69. The van der Waals surface area contributed by atoms with Crippen LogP contribution in [0.3, 0.4) is 0 Å². The third kappa shape index (κ3) is 4.23. The van der Waals surface area contributed by atoms with Crippen LogP contribution in [0.4, 0.5) is 0 Å². The number of nitriles is 1. The summed E-state index contributed by atoms with van der Waals surface area (Å²) in [5.74, 6) is 0.435. The monoisotopic (exact) mass is 257 g/mol. The van der Waals surface area contributed by atoms with E-state index in [2.05, 4.69) is 0 Å². The van der Waals surface area contributed by atoms with Crippen molar-refractivity contribution in [2.24, 2.45) is 0 Å². The van der Waals surface area contributed by atoms with E-state index in [0.717, 1.165) is 0 Å². The molecule has 0 aromatic carbocycles. The van der Waals surface area contributed by atoms with E-state index in [9.17, 15) is 9.59 Å². The van der Waals surface area contributed by atoms with Crippen LogP contribution in [0.25, 0.3) is 0 Å². The SMILES string of the molecule is N#CCC(=O)N1CCN(C(=O)CCCCl)CC1. The van der Waals surface area contributed by atoms with Gasteiger partial charge in [0.15, 0.2) is 0 Å². The first kappa shape index (κ1) is 13.8. The Morgan fingerprint density at radius 1 is 1.12 bits per heavy atom. The molecule has 6 heteroatoms. The third-order valence-electron chi connectivity index (χ3n) is 2.74. The van der Waals surface area contributed by atoms with Crippen LogP contribution in [0.5, 0.6) is 0 Å². The maximum Gasteiger partial charge on any atom is 0.236 e. The fourth-order valence-electron chi connectivity index (χ4n) is 1.76. The molecule has 1 aliphatic rings. The van der Waals surface area contributed by atoms with E-state index in [-0.39, 0.29) is 18.2 Å². The summed E-state index contributed by atoms with van der Waals surface area (Å²) in [6.45, 7) is 2.15. The maximum absolute atomic E-state index is 11.7. The van der Waals surface area contributed by atoms with Gasteiger partial charge < -0.3 is 9.80 Å². The molecule has 0 unspecified atom stereocenters. The Labute approximate surface area is 106 Å². The van der Waals surface area contributed by atoms with Gasteiger partial charge in [0, 0.05) is 38.5 Å². The molecule has 0 N–H and O–H groups in total. The quantitative estimate of drug-likeness (QED) is 0.693. The minimum atomic E-state index is -0.152. The number of nitrogens with zero attached hydrogens (tertiary/aromatic N) is 3. The lowest BCUT2D eigenvalue weighted by Crippen LogP contribution is -2.50. The van der Waals surface area contributed by atoms with Crippen LogP contribution >= 0.6 is 11.6 Å². The molecule has 0 aromatic heterocycles. The summed E-state index contributed by atoms with van der Waals surface area (Å²) in [6, 6.07) is 1.84. The van der Waals surface area contributed by atoms with Gasteiger partial charge in [0.25, 0.3) is 0 Å². The lowest BCUT2D eigenvalue weighted by Gasteiger charge is -2.34. The van der Waals surface area contributed by atoms with E-state index in [4.69, 9.17) is 16.9 Å². The van der Waals surface area contributed by atoms with Gasteiger partial charge in [-0.05, 0) is 6.42 Å². The summed E-state index contributed by atoms with van der Waals surface area (Å²) < 4.78 is 0. The molecule has 5 nitrogen and oxygen atoms in total. The van der Waals surface area contributed by atoms with Crippen molar-refractivity contribution in [3.63, 3.8) is 0 Å². The van der Waals surface area contributed by atoms with Crippen molar-refractivity contribution < 1.29 is 9.59 Å². The largest absolute Gasteiger partial charge is 0.339 e. The molecule has 1 aliphatic heterocycles. The van der Waals surface area contributed by atoms with Crippen LogP contribution in [0.15, 0.2) is 0 Å². The molecular formula is C11H16ClN3O2. The Morgan fingerprint density at radius 2 is 1.65 bits per heavy atom. The van der Waals surface area contributed by atoms with E-state index in [1.165, 1.54) is 0 Å². The third-order valence-corrected chi connectivity index (χ3v) is 3.01. The zero-order valence-corrected chi connectivity index (χ0v) is 10.4. The highest BCUT2D eigenvalue weighted by molar-refractivity contribution is 6.17. The summed E-state index contributed by atoms with van der Waals surface area (Å²) in [7, 11) is 0. The Hall–Kier alpha value is -1.28.